The molecule has 0 spiro atoms. The number of aromatic nitrogens is 3. The van der Waals surface area contributed by atoms with Crippen LogP contribution in [0.25, 0.3) is 11.0 Å². The van der Waals surface area contributed by atoms with Gasteiger partial charge in [0, 0.05) is 18.3 Å². The third-order valence-electron chi connectivity index (χ3n) is 4.80. The van der Waals surface area contributed by atoms with Crippen LogP contribution in [-0.2, 0) is 6.54 Å². The van der Waals surface area contributed by atoms with Crippen molar-refractivity contribution in [1.29, 1.82) is 0 Å². The monoisotopic (exact) mass is 359 g/mol. The molecule has 3 N–H and O–H groups in total. The van der Waals surface area contributed by atoms with E-state index in [9.17, 15) is 14.4 Å². The first-order chi connectivity index (χ1) is 12.4. The van der Waals surface area contributed by atoms with E-state index in [0.717, 1.165) is 25.9 Å². The lowest BCUT2D eigenvalue weighted by molar-refractivity contribution is 0.0931. The van der Waals surface area contributed by atoms with E-state index in [0.29, 0.717) is 12.2 Å². The molecule has 1 fully saturated rings. The van der Waals surface area contributed by atoms with Crippen LogP contribution in [0.4, 0.5) is 0 Å². The van der Waals surface area contributed by atoms with Crippen LogP contribution in [0.15, 0.2) is 15.7 Å². The summed E-state index contributed by atoms with van der Waals surface area (Å²) in [5.74, 6) is -0.234. The number of piperidine rings is 1. The molecular weight excluding hydrogens is 334 g/mol. The summed E-state index contributed by atoms with van der Waals surface area (Å²) in [7, 11) is 0. The number of nitrogens with zero attached hydrogens (tertiary/aromatic N) is 2. The van der Waals surface area contributed by atoms with Gasteiger partial charge in [-0.1, -0.05) is 13.8 Å². The lowest BCUT2D eigenvalue weighted by Crippen LogP contribution is -2.43. The van der Waals surface area contributed by atoms with Crippen LogP contribution in [-0.4, -0.2) is 39.6 Å². The standard InChI is InChI=1S/C18H25N5O3/c1-4-23-15-14(17(25)22-18(23)26)12(9-13(21-15)10(2)3)16(24)20-11-5-7-19-8-6-11/h9-11,19H,4-8H2,1-3H3,(H,20,24)(H,22,25,26). The Balaban J connectivity index is 2.17. The molecule has 0 saturated carbocycles. The smallest absolute Gasteiger partial charge is 0.329 e. The van der Waals surface area contributed by atoms with Gasteiger partial charge in [0.15, 0.2) is 5.65 Å². The molecule has 1 aliphatic rings. The lowest BCUT2D eigenvalue weighted by Gasteiger charge is -2.24. The minimum atomic E-state index is -0.576. The predicted molar refractivity (Wildman–Crippen MR) is 99.7 cm³/mol. The maximum Gasteiger partial charge on any atom is 0.329 e. The summed E-state index contributed by atoms with van der Waals surface area (Å²) >= 11 is 0. The molecule has 2 aromatic heterocycles. The maximum atomic E-state index is 12.9. The highest BCUT2D eigenvalue weighted by Crippen LogP contribution is 2.20. The van der Waals surface area contributed by atoms with E-state index in [-0.39, 0.29) is 34.5 Å². The Morgan fingerprint density at radius 3 is 2.65 bits per heavy atom. The fraction of sp³-hybridized carbons (Fsp3) is 0.556. The quantitative estimate of drug-likeness (QED) is 0.745. The molecule has 1 amide bonds. The summed E-state index contributed by atoms with van der Waals surface area (Å²) in [6.45, 7) is 7.80. The van der Waals surface area contributed by atoms with E-state index in [2.05, 4.69) is 20.6 Å². The van der Waals surface area contributed by atoms with Crippen molar-refractivity contribution in [3.05, 3.63) is 38.2 Å². The second kappa shape index (κ2) is 7.41. The molecule has 26 heavy (non-hydrogen) atoms. The number of fused-ring (bicyclic) bond motifs is 1. The Morgan fingerprint density at radius 2 is 2.04 bits per heavy atom. The summed E-state index contributed by atoms with van der Waals surface area (Å²) in [4.78, 5) is 44.3. The molecule has 8 nitrogen and oxygen atoms in total. The van der Waals surface area contributed by atoms with Gasteiger partial charge in [-0.05, 0) is 44.8 Å². The first-order valence-electron chi connectivity index (χ1n) is 9.11. The van der Waals surface area contributed by atoms with Gasteiger partial charge >= 0.3 is 5.69 Å². The maximum absolute atomic E-state index is 12.9. The van der Waals surface area contributed by atoms with Gasteiger partial charge in [-0.3, -0.25) is 19.1 Å². The number of H-pyrrole nitrogens is 1. The van der Waals surface area contributed by atoms with Crippen molar-refractivity contribution in [2.75, 3.05) is 13.1 Å². The number of nitrogens with one attached hydrogen (secondary N) is 3. The van der Waals surface area contributed by atoms with Gasteiger partial charge in [-0.25, -0.2) is 9.78 Å². The molecular formula is C18H25N5O3. The molecule has 0 atom stereocenters. The molecule has 3 heterocycles. The van der Waals surface area contributed by atoms with Crippen LogP contribution in [0.2, 0.25) is 0 Å². The Hall–Kier alpha value is -2.48. The zero-order valence-corrected chi connectivity index (χ0v) is 15.4. The highest BCUT2D eigenvalue weighted by Gasteiger charge is 2.22. The molecule has 0 aliphatic carbocycles. The van der Waals surface area contributed by atoms with Crippen molar-refractivity contribution in [1.82, 2.24) is 25.2 Å². The number of rotatable bonds is 4. The van der Waals surface area contributed by atoms with E-state index >= 15 is 0 Å². The van der Waals surface area contributed by atoms with Crippen LogP contribution in [0, 0.1) is 0 Å². The molecule has 0 bridgehead atoms. The number of amides is 1. The van der Waals surface area contributed by atoms with Crippen molar-refractivity contribution in [3.63, 3.8) is 0 Å². The molecule has 0 unspecified atom stereocenters. The van der Waals surface area contributed by atoms with Crippen molar-refractivity contribution in [3.8, 4) is 0 Å². The van der Waals surface area contributed by atoms with E-state index in [1.54, 1.807) is 13.0 Å². The second-order valence-electron chi connectivity index (χ2n) is 6.95. The molecule has 3 rings (SSSR count). The van der Waals surface area contributed by atoms with Crippen molar-refractivity contribution < 1.29 is 4.79 Å². The Kier molecular flexibility index (Phi) is 5.22. The van der Waals surface area contributed by atoms with Gasteiger partial charge in [-0.2, -0.15) is 0 Å². The fourth-order valence-corrected chi connectivity index (χ4v) is 3.29. The predicted octanol–water partition coefficient (Wildman–Crippen LogP) is 0.710. The number of hydrogen-bond donors (Lipinski definition) is 3. The number of aryl methyl sites for hydroxylation is 1. The Labute approximate surface area is 151 Å². The summed E-state index contributed by atoms with van der Waals surface area (Å²) in [5, 5.41) is 6.45. The number of carbonyl (C=O) groups is 1. The highest BCUT2D eigenvalue weighted by atomic mass is 16.2. The molecule has 0 radical (unpaired) electrons. The number of aromatic amines is 1. The minimum Gasteiger partial charge on any atom is -0.349 e. The van der Waals surface area contributed by atoms with E-state index < -0.39 is 11.2 Å². The Morgan fingerprint density at radius 1 is 1.35 bits per heavy atom. The third-order valence-corrected chi connectivity index (χ3v) is 4.80. The Bertz CT molecular complexity index is 938. The van der Waals surface area contributed by atoms with Crippen molar-refractivity contribution >= 4 is 16.9 Å². The number of carbonyl (C=O) groups excluding carboxylic acids is 1. The molecule has 0 aromatic carbocycles. The fourth-order valence-electron chi connectivity index (χ4n) is 3.29. The summed E-state index contributed by atoms with van der Waals surface area (Å²) in [5.41, 5.74) is 0.139. The van der Waals surface area contributed by atoms with Gasteiger partial charge in [0.2, 0.25) is 0 Å². The van der Waals surface area contributed by atoms with Crippen LogP contribution in [0.5, 0.6) is 0 Å². The second-order valence-corrected chi connectivity index (χ2v) is 6.95. The zero-order valence-electron chi connectivity index (χ0n) is 15.4. The number of pyridine rings is 1. The van der Waals surface area contributed by atoms with Crippen LogP contribution in [0.3, 0.4) is 0 Å². The van der Waals surface area contributed by atoms with E-state index in [1.807, 2.05) is 13.8 Å². The average molecular weight is 359 g/mol. The SMILES string of the molecule is CCn1c(=O)[nH]c(=O)c2c(C(=O)NC3CCNCC3)cc(C(C)C)nc21. The normalized spacial score (nSPS) is 15.5. The van der Waals surface area contributed by atoms with Gasteiger partial charge in [-0.15, -0.1) is 0 Å². The molecule has 1 saturated heterocycles. The molecule has 140 valence electrons. The van der Waals surface area contributed by atoms with Crippen LogP contribution in [0.1, 0.15) is 55.6 Å². The van der Waals surface area contributed by atoms with Gasteiger partial charge in [0.05, 0.1) is 10.9 Å². The summed E-state index contributed by atoms with van der Waals surface area (Å²) in [6.07, 6.45) is 1.70. The topological polar surface area (TPSA) is 109 Å². The van der Waals surface area contributed by atoms with Crippen LogP contribution >= 0.6 is 0 Å². The van der Waals surface area contributed by atoms with Crippen molar-refractivity contribution in [2.24, 2.45) is 0 Å². The van der Waals surface area contributed by atoms with Gasteiger partial charge in [0.1, 0.15) is 0 Å². The molecule has 8 heteroatoms. The largest absolute Gasteiger partial charge is 0.349 e. The molecule has 2 aromatic rings. The highest BCUT2D eigenvalue weighted by molar-refractivity contribution is 6.05. The number of hydrogen-bond acceptors (Lipinski definition) is 5. The summed E-state index contributed by atoms with van der Waals surface area (Å²) < 4.78 is 1.39. The lowest BCUT2D eigenvalue weighted by atomic mass is 10.0. The average Bonchev–Trinajstić information content (AvgIpc) is 2.61. The first kappa shape index (κ1) is 18.3. The first-order valence-corrected chi connectivity index (χ1v) is 9.11. The van der Waals surface area contributed by atoms with Gasteiger partial charge in [0.25, 0.3) is 11.5 Å². The third kappa shape index (κ3) is 3.41. The minimum absolute atomic E-state index is 0.0597. The van der Waals surface area contributed by atoms with E-state index in [1.165, 1.54) is 4.57 Å². The van der Waals surface area contributed by atoms with E-state index in [4.69, 9.17) is 0 Å². The summed E-state index contributed by atoms with van der Waals surface area (Å²) in [6, 6.07) is 1.74. The zero-order chi connectivity index (χ0) is 18.8. The van der Waals surface area contributed by atoms with Gasteiger partial charge < -0.3 is 10.6 Å². The van der Waals surface area contributed by atoms with Crippen molar-refractivity contribution in [2.45, 2.75) is 52.1 Å². The van der Waals surface area contributed by atoms with Crippen LogP contribution < -0.4 is 21.9 Å². The molecule has 1 aliphatic heterocycles.